The molecule has 0 aromatic rings. The van der Waals surface area contributed by atoms with Gasteiger partial charge < -0.3 is 32.7 Å². The Morgan fingerprint density at radius 3 is 2.14 bits per heavy atom. The molecule has 0 aromatic heterocycles. The summed E-state index contributed by atoms with van der Waals surface area (Å²) in [7, 11) is 0. The second-order valence-electron chi connectivity index (χ2n) is 6.83. The molecular weight excluding hydrogens is 384 g/mol. The van der Waals surface area contributed by atoms with Gasteiger partial charge in [-0.05, 0) is 25.2 Å². The molecule has 0 aromatic carbocycles. The quantitative estimate of drug-likeness (QED) is 0.106. The molecule has 2 amide bonds. The number of aliphatic carboxylic acids is 2. The van der Waals surface area contributed by atoms with E-state index in [1.54, 1.807) is 13.8 Å². The first-order valence-corrected chi connectivity index (χ1v) is 9.34. The maximum Gasteiger partial charge on any atom is 0.326 e. The van der Waals surface area contributed by atoms with Crippen LogP contribution in [-0.2, 0) is 19.2 Å². The highest BCUT2D eigenvalue weighted by Gasteiger charge is 2.40. The average Bonchev–Trinajstić information content (AvgIpc) is 2.65. The number of amides is 2. The van der Waals surface area contributed by atoms with Crippen LogP contribution in [0.15, 0.2) is 0 Å². The summed E-state index contributed by atoms with van der Waals surface area (Å²) in [4.78, 5) is 48.8. The van der Waals surface area contributed by atoms with Crippen LogP contribution in [-0.4, -0.2) is 69.5 Å². The van der Waals surface area contributed by atoms with Crippen LogP contribution in [0.4, 0.5) is 0 Å². The van der Waals surface area contributed by atoms with Gasteiger partial charge in [-0.2, -0.15) is 0 Å². The van der Waals surface area contributed by atoms with Gasteiger partial charge in [-0.1, -0.05) is 20.3 Å². The number of carbonyl (C=O) groups excluding carboxylic acids is 2. The largest absolute Gasteiger partial charge is 0.481 e. The van der Waals surface area contributed by atoms with Crippen LogP contribution in [0.2, 0.25) is 0 Å². The van der Waals surface area contributed by atoms with Gasteiger partial charge in [0.2, 0.25) is 11.8 Å². The Hall–Kier alpha value is -2.73. The van der Waals surface area contributed by atoms with E-state index in [1.807, 2.05) is 0 Å². The fraction of sp³-hybridized carbons (Fsp3) is 0.706. The van der Waals surface area contributed by atoms with Gasteiger partial charge in [-0.15, -0.1) is 0 Å². The SMILES string of the molecule is CCC(C)C(N)C(=O)N(C(=O)C(N)CCCNC(=N)N)[C@@H](CCC(=O)O)C(=O)O. The summed E-state index contributed by atoms with van der Waals surface area (Å²) in [5.41, 5.74) is 16.9. The summed E-state index contributed by atoms with van der Waals surface area (Å²) in [6.07, 6.45) is -0.0749. The van der Waals surface area contributed by atoms with E-state index in [4.69, 9.17) is 27.7 Å². The van der Waals surface area contributed by atoms with Crippen molar-refractivity contribution >= 4 is 29.7 Å². The predicted molar refractivity (Wildman–Crippen MR) is 105 cm³/mol. The zero-order valence-corrected chi connectivity index (χ0v) is 16.8. The lowest BCUT2D eigenvalue weighted by Crippen LogP contribution is -2.59. The molecule has 0 aliphatic heterocycles. The van der Waals surface area contributed by atoms with Gasteiger partial charge in [0, 0.05) is 13.0 Å². The van der Waals surface area contributed by atoms with Gasteiger partial charge in [0.1, 0.15) is 6.04 Å². The van der Waals surface area contributed by atoms with Crippen LogP contribution in [0.1, 0.15) is 46.0 Å². The predicted octanol–water partition coefficient (Wildman–Crippen LogP) is -1.38. The number of rotatable bonds is 13. The summed E-state index contributed by atoms with van der Waals surface area (Å²) >= 11 is 0. The molecule has 0 fully saturated rings. The van der Waals surface area contributed by atoms with Crippen LogP contribution in [0.3, 0.4) is 0 Å². The number of carboxylic acid groups (broad SMARTS) is 2. The standard InChI is InChI=1S/C17H32N6O6/c1-3-9(2)13(19)15(27)23(11(16(28)29)6-7-12(24)25)14(26)10(18)5-4-8-22-17(20)21/h9-11,13H,3-8,18-19H2,1-2H3,(H,24,25)(H,28,29)(H4,20,21,22)/t9?,10?,11-,13?/m0/s1. The van der Waals surface area contributed by atoms with Crippen molar-refractivity contribution in [3.8, 4) is 0 Å². The Balaban J connectivity index is 5.60. The van der Waals surface area contributed by atoms with Crippen molar-refractivity contribution in [3.05, 3.63) is 0 Å². The fourth-order valence-electron chi connectivity index (χ4n) is 2.54. The van der Waals surface area contributed by atoms with Gasteiger partial charge in [-0.3, -0.25) is 24.7 Å². The molecule has 29 heavy (non-hydrogen) atoms. The molecule has 4 atom stereocenters. The highest BCUT2D eigenvalue weighted by Crippen LogP contribution is 2.16. The molecule has 0 aliphatic carbocycles. The third-order valence-electron chi connectivity index (χ3n) is 4.57. The maximum absolute atomic E-state index is 12.9. The first-order chi connectivity index (χ1) is 13.4. The number of imide groups is 1. The number of nitrogens with two attached hydrogens (primary N) is 3. The molecule has 166 valence electrons. The molecule has 0 heterocycles. The monoisotopic (exact) mass is 416 g/mol. The Labute approximate surface area is 169 Å². The van der Waals surface area contributed by atoms with E-state index in [2.05, 4.69) is 5.32 Å². The smallest absolute Gasteiger partial charge is 0.326 e. The molecular formula is C17H32N6O6. The highest BCUT2D eigenvalue weighted by atomic mass is 16.4. The summed E-state index contributed by atoms with van der Waals surface area (Å²) in [6, 6.07) is -4.03. The van der Waals surface area contributed by atoms with Crippen molar-refractivity contribution in [2.24, 2.45) is 23.1 Å². The number of carboxylic acids is 2. The summed E-state index contributed by atoms with van der Waals surface area (Å²) in [5, 5.41) is 28.0. The normalized spacial score (nSPS) is 14.9. The van der Waals surface area contributed by atoms with E-state index >= 15 is 0 Å². The number of guanidine groups is 1. The molecule has 0 radical (unpaired) electrons. The van der Waals surface area contributed by atoms with E-state index < -0.39 is 54.7 Å². The van der Waals surface area contributed by atoms with Gasteiger partial charge in [0.25, 0.3) is 0 Å². The number of carbonyl (C=O) groups is 4. The van der Waals surface area contributed by atoms with E-state index in [9.17, 15) is 24.3 Å². The minimum atomic E-state index is -1.69. The first-order valence-electron chi connectivity index (χ1n) is 9.34. The van der Waals surface area contributed by atoms with E-state index in [-0.39, 0.29) is 24.8 Å². The van der Waals surface area contributed by atoms with E-state index in [1.165, 1.54) is 0 Å². The van der Waals surface area contributed by atoms with Crippen LogP contribution in [0, 0.1) is 11.3 Å². The lowest BCUT2D eigenvalue weighted by molar-refractivity contribution is -0.160. The Morgan fingerprint density at radius 1 is 1.10 bits per heavy atom. The van der Waals surface area contributed by atoms with Gasteiger partial charge in [0.05, 0.1) is 12.1 Å². The van der Waals surface area contributed by atoms with Gasteiger partial charge in [-0.25, -0.2) is 4.79 Å². The van der Waals surface area contributed by atoms with E-state index in [0.29, 0.717) is 17.7 Å². The lowest BCUT2D eigenvalue weighted by Gasteiger charge is -2.32. The molecule has 12 heteroatoms. The van der Waals surface area contributed by atoms with Gasteiger partial charge in [0.15, 0.2) is 5.96 Å². The van der Waals surface area contributed by atoms with Crippen molar-refractivity contribution in [1.29, 1.82) is 5.41 Å². The summed E-state index contributed by atoms with van der Waals surface area (Å²) < 4.78 is 0. The Kier molecular flexibility index (Phi) is 11.5. The molecule has 12 nitrogen and oxygen atoms in total. The molecule has 0 aliphatic rings. The van der Waals surface area contributed by atoms with Crippen LogP contribution in [0.25, 0.3) is 0 Å². The second-order valence-corrected chi connectivity index (χ2v) is 6.83. The minimum absolute atomic E-state index is 0.0900. The molecule has 3 unspecified atom stereocenters. The van der Waals surface area contributed by atoms with Crippen molar-refractivity contribution < 1.29 is 29.4 Å². The fourth-order valence-corrected chi connectivity index (χ4v) is 2.54. The number of hydrogen-bond donors (Lipinski definition) is 7. The first kappa shape index (κ1) is 26.3. The van der Waals surface area contributed by atoms with Crippen molar-refractivity contribution in [2.75, 3.05) is 6.54 Å². The topological polar surface area (TPSA) is 226 Å². The highest BCUT2D eigenvalue weighted by molar-refractivity contribution is 6.03. The van der Waals surface area contributed by atoms with Crippen LogP contribution in [0.5, 0.6) is 0 Å². The third-order valence-corrected chi connectivity index (χ3v) is 4.57. The average molecular weight is 416 g/mol. The number of nitrogens with zero attached hydrogens (tertiary/aromatic N) is 1. The summed E-state index contributed by atoms with van der Waals surface area (Å²) in [5.74, 6) is -5.20. The zero-order valence-electron chi connectivity index (χ0n) is 16.8. The molecule has 0 rings (SSSR count). The molecule has 10 N–H and O–H groups in total. The van der Waals surface area contributed by atoms with Crippen molar-refractivity contribution in [2.45, 2.75) is 64.1 Å². The molecule has 0 spiro atoms. The zero-order chi connectivity index (χ0) is 22.7. The van der Waals surface area contributed by atoms with Crippen molar-refractivity contribution in [1.82, 2.24) is 10.2 Å². The Morgan fingerprint density at radius 2 is 1.69 bits per heavy atom. The molecule has 0 bridgehead atoms. The molecule has 0 saturated carbocycles. The molecule has 0 saturated heterocycles. The van der Waals surface area contributed by atoms with Gasteiger partial charge >= 0.3 is 11.9 Å². The summed E-state index contributed by atoms with van der Waals surface area (Å²) in [6.45, 7) is 3.74. The Bertz CT molecular complexity index is 613. The van der Waals surface area contributed by atoms with E-state index in [0.717, 1.165) is 0 Å². The number of hydrogen-bond acceptors (Lipinski definition) is 7. The lowest BCUT2D eigenvalue weighted by atomic mass is 9.96. The second kappa shape index (κ2) is 12.7. The minimum Gasteiger partial charge on any atom is -0.481 e. The third kappa shape index (κ3) is 8.87. The van der Waals surface area contributed by atoms with Crippen molar-refractivity contribution in [3.63, 3.8) is 0 Å². The maximum atomic E-state index is 12.9. The van der Waals surface area contributed by atoms with Crippen LogP contribution >= 0.6 is 0 Å². The number of nitrogens with one attached hydrogen (secondary N) is 2. The van der Waals surface area contributed by atoms with Crippen LogP contribution < -0.4 is 22.5 Å².